The zero-order valence-corrected chi connectivity index (χ0v) is 18.4. The molecule has 160 valence electrons. The summed E-state index contributed by atoms with van der Waals surface area (Å²) in [5.41, 5.74) is 6.93. The quantitative estimate of drug-likeness (QED) is 0.558. The Morgan fingerprint density at radius 3 is 2.39 bits per heavy atom. The van der Waals surface area contributed by atoms with Crippen LogP contribution in [0.2, 0.25) is 10.0 Å². The van der Waals surface area contributed by atoms with Crippen LogP contribution in [-0.4, -0.2) is 25.9 Å². The Labute approximate surface area is 189 Å². The van der Waals surface area contributed by atoms with Crippen LogP contribution in [0.15, 0.2) is 48.7 Å². The smallest absolute Gasteiger partial charge is 0.246 e. The maximum Gasteiger partial charge on any atom is 0.246 e. The topological polar surface area (TPSA) is 76.2 Å². The summed E-state index contributed by atoms with van der Waals surface area (Å²) in [6.07, 6.45) is 3.40. The Kier molecular flexibility index (Phi) is 5.51. The number of halogens is 3. The van der Waals surface area contributed by atoms with Gasteiger partial charge in [-0.3, -0.25) is 9.36 Å². The van der Waals surface area contributed by atoms with Gasteiger partial charge in [0.05, 0.1) is 12.1 Å². The van der Waals surface area contributed by atoms with Gasteiger partial charge in [0, 0.05) is 33.7 Å². The Bertz CT molecular complexity index is 1160. The maximum atomic E-state index is 13.5. The molecule has 0 atom stereocenters. The average Bonchev–Trinajstić information content (AvgIpc) is 3.04. The molecule has 1 aromatic heterocycles. The van der Waals surface area contributed by atoms with E-state index in [1.807, 2.05) is 4.57 Å². The first-order chi connectivity index (χ1) is 14.6. The van der Waals surface area contributed by atoms with Crippen molar-refractivity contribution in [3.8, 4) is 11.3 Å². The van der Waals surface area contributed by atoms with Gasteiger partial charge in [-0.15, -0.1) is 0 Å². The van der Waals surface area contributed by atoms with Crippen LogP contribution in [0.5, 0.6) is 0 Å². The number of nitrogens with one attached hydrogen (secondary N) is 1. The second-order valence-corrected chi connectivity index (χ2v) is 8.71. The van der Waals surface area contributed by atoms with Crippen molar-refractivity contribution >= 4 is 46.8 Å². The lowest BCUT2D eigenvalue weighted by atomic mass is 10.1. The van der Waals surface area contributed by atoms with E-state index < -0.39 is 5.54 Å². The summed E-state index contributed by atoms with van der Waals surface area (Å²) in [5, 5.41) is 4.27. The monoisotopic (exact) mass is 459 g/mol. The first kappa shape index (κ1) is 21.4. The van der Waals surface area contributed by atoms with Crippen LogP contribution < -0.4 is 11.1 Å². The minimum atomic E-state index is -1.02. The number of imidazole rings is 1. The molecule has 3 aromatic rings. The molecule has 6 nitrogen and oxygen atoms in total. The van der Waals surface area contributed by atoms with E-state index in [-0.39, 0.29) is 18.3 Å². The number of hydrogen-bond donors (Lipinski definition) is 2. The average molecular weight is 460 g/mol. The number of rotatable bonds is 4. The molecule has 0 radical (unpaired) electrons. The van der Waals surface area contributed by atoms with Crippen LogP contribution >= 0.6 is 23.2 Å². The van der Waals surface area contributed by atoms with Crippen molar-refractivity contribution in [3.05, 3.63) is 70.4 Å². The minimum Gasteiger partial charge on any atom is -0.339 e. The van der Waals surface area contributed by atoms with Crippen molar-refractivity contribution in [2.75, 3.05) is 5.32 Å². The first-order valence-electron chi connectivity index (χ1n) is 9.50. The number of amides is 1. The van der Waals surface area contributed by atoms with Crippen molar-refractivity contribution in [1.29, 1.82) is 0 Å². The zero-order valence-electron chi connectivity index (χ0n) is 16.9. The third-order valence-electron chi connectivity index (χ3n) is 4.75. The molecular weight excluding hydrogens is 440 g/mol. The summed E-state index contributed by atoms with van der Waals surface area (Å²) in [6, 6.07) is 11.2. The van der Waals surface area contributed by atoms with Crippen molar-refractivity contribution in [2.24, 2.45) is 5.73 Å². The van der Waals surface area contributed by atoms with E-state index in [9.17, 15) is 9.18 Å². The van der Waals surface area contributed by atoms with E-state index in [1.165, 1.54) is 17.0 Å². The molecule has 0 spiro atoms. The molecule has 9 heteroatoms. The van der Waals surface area contributed by atoms with Crippen molar-refractivity contribution < 1.29 is 9.18 Å². The summed E-state index contributed by atoms with van der Waals surface area (Å²) < 4.78 is 15.3. The lowest BCUT2D eigenvalue weighted by Crippen LogP contribution is -2.49. The summed E-state index contributed by atoms with van der Waals surface area (Å²) in [7, 11) is 0. The molecule has 1 aliphatic rings. The molecule has 0 bridgehead atoms. The molecule has 0 saturated carbocycles. The number of benzene rings is 2. The highest BCUT2D eigenvalue weighted by Gasteiger charge is 2.30. The van der Waals surface area contributed by atoms with Gasteiger partial charge in [0.15, 0.2) is 0 Å². The summed E-state index contributed by atoms with van der Waals surface area (Å²) >= 11 is 12.3. The third-order valence-corrected chi connectivity index (χ3v) is 5.18. The first-order valence-corrected chi connectivity index (χ1v) is 10.3. The Hall–Kier alpha value is -2.87. The minimum absolute atomic E-state index is 0.225. The molecule has 2 aromatic carbocycles. The van der Waals surface area contributed by atoms with E-state index in [2.05, 4.69) is 5.32 Å². The zero-order chi connectivity index (χ0) is 22.3. The van der Waals surface area contributed by atoms with Crippen LogP contribution in [0.4, 0.5) is 15.9 Å². The van der Waals surface area contributed by atoms with Gasteiger partial charge in [-0.25, -0.2) is 9.37 Å². The summed E-state index contributed by atoms with van der Waals surface area (Å²) in [5.74, 6) is 0.688. The fourth-order valence-electron chi connectivity index (χ4n) is 3.30. The highest BCUT2D eigenvalue weighted by Crippen LogP contribution is 2.35. The van der Waals surface area contributed by atoms with Crippen LogP contribution in [-0.2, 0) is 11.3 Å². The van der Waals surface area contributed by atoms with Crippen LogP contribution in [0, 0.1) is 5.82 Å². The number of nitrogens with zero attached hydrogens (tertiary/aromatic N) is 3. The van der Waals surface area contributed by atoms with Gasteiger partial charge < -0.3 is 16.0 Å². The lowest BCUT2D eigenvalue weighted by Gasteiger charge is -2.28. The van der Waals surface area contributed by atoms with Gasteiger partial charge in [0.1, 0.15) is 23.2 Å². The fourth-order valence-corrected chi connectivity index (χ4v) is 3.83. The largest absolute Gasteiger partial charge is 0.339 e. The highest BCUT2D eigenvalue weighted by molar-refractivity contribution is 6.35. The third kappa shape index (κ3) is 4.44. The van der Waals surface area contributed by atoms with Crippen molar-refractivity contribution in [2.45, 2.75) is 25.9 Å². The Morgan fingerprint density at radius 2 is 1.77 bits per heavy atom. The molecule has 31 heavy (non-hydrogen) atoms. The summed E-state index contributed by atoms with van der Waals surface area (Å²) in [4.78, 5) is 18.9. The SMILES string of the molecule is CC(C)(N)C(=O)N1C=Cn2c(nc(-c3ccc(F)cc3)c2Nc2cc(Cl)cc(Cl)c2)C1. The number of fused-ring (bicyclic) bond motifs is 1. The second kappa shape index (κ2) is 8.00. The molecule has 3 N–H and O–H groups in total. The Balaban J connectivity index is 1.79. The number of carbonyl (C=O) groups excluding carboxylic acids is 1. The molecule has 0 fully saturated rings. The predicted octanol–water partition coefficient (Wildman–Crippen LogP) is 5.25. The molecule has 2 heterocycles. The number of aromatic nitrogens is 2. The van der Waals surface area contributed by atoms with Crippen LogP contribution in [0.1, 0.15) is 19.7 Å². The van der Waals surface area contributed by atoms with Gasteiger partial charge in [-0.1, -0.05) is 23.2 Å². The van der Waals surface area contributed by atoms with Crippen molar-refractivity contribution in [3.63, 3.8) is 0 Å². The molecule has 1 amide bonds. The Morgan fingerprint density at radius 1 is 1.13 bits per heavy atom. The number of carbonyl (C=O) groups is 1. The normalized spacial score (nSPS) is 13.3. The number of anilines is 2. The van der Waals surface area contributed by atoms with Gasteiger partial charge >= 0.3 is 0 Å². The van der Waals surface area contributed by atoms with E-state index in [0.717, 1.165) is 0 Å². The fraction of sp³-hybridized carbons (Fsp3) is 0.182. The maximum absolute atomic E-state index is 13.5. The van der Waals surface area contributed by atoms with E-state index in [0.29, 0.717) is 38.6 Å². The van der Waals surface area contributed by atoms with Crippen LogP contribution in [0.25, 0.3) is 17.5 Å². The van der Waals surface area contributed by atoms with E-state index >= 15 is 0 Å². The molecular formula is C22H20Cl2FN5O. The number of nitrogens with two attached hydrogens (primary N) is 1. The van der Waals surface area contributed by atoms with Gasteiger partial charge in [-0.05, 0) is 56.3 Å². The van der Waals surface area contributed by atoms with Gasteiger partial charge in [-0.2, -0.15) is 0 Å². The standard InChI is InChI=1S/C22H20Cl2FN5O/c1-22(2,26)21(31)29-7-8-30-18(12-29)28-19(13-3-5-16(25)6-4-13)20(30)27-17-10-14(23)9-15(24)11-17/h3-11,27H,12,26H2,1-2H3. The number of hydrogen-bond acceptors (Lipinski definition) is 4. The molecule has 0 unspecified atom stereocenters. The predicted molar refractivity (Wildman–Crippen MR) is 122 cm³/mol. The van der Waals surface area contributed by atoms with E-state index in [1.54, 1.807) is 56.6 Å². The molecule has 4 rings (SSSR count). The molecule has 1 aliphatic heterocycles. The second-order valence-electron chi connectivity index (χ2n) is 7.84. The van der Waals surface area contributed by atoms with Crippen LogP contribution in [0.3, 0.4) is 0 Å². The molecule has 0 aliphatic carbocycles. The molecule has 0 saturated heterocycles. The van der Waals surface area contributed by atoms with Crippen molar-refractivity contribution in [1.82, 2.24) is 14.5 Å². The van der Waals surface area contributed by atoms with Gasteiger partial charge in [0.2, 0.25) is 5.91 Å². The summed E-state index contributed by atoms with van der Waals surface area (Å²) in [6.45, 7) is 3.55. The van der Waals surface area contributed by atoms with E-state index in [4.69, 9.17) is 33.9 Å². The van der Waals surface area contributed by atoms with Gasteiger partial charge in [0.25, 0.3) is 0 Å². The highest BCUT2D eigenvalue weighted by atomic mass is 35.5. The lowest BCUT2D eigenvalue weighted by molar-refractivity contribution is -0.133.